The highest BCUT2D eigenvalue weighted by Crippen LogP contribution is 2.27. The van der Waals surface area contributed by atoms with Crippen LogP contribution < -0.4 is 15.4 Å². The highest BCUT2D eigenvalue weighted by Gasteiger charge is 2.16. The van der Waals surface area contributed by atoms with E-state index in [1.165, 1.54) is 32.1 Å². The summed E-state index contributed by atoms with van der Waals surface area (Å²) in [6.07, 6.45) is 8.00. The minimum Gasteiger partial charge on any atom is -0.489 e. The van der Waals surface area contributed by atoms with Gasteiger partial charge in [0.2, 0.25) is 5.91 Å². The quantitative estimate of drug-likeness (QED) is 0.632. The molecule has 1 aliphatic carbocycles. The first kappa shape index (κ1) is 22.6. The lowest BCUT2D eigenvalue weighted by Crippen LogP contribution is -2.38. The van der Waals surface area contributed by atoms with Crippen LogP contribution in [-0.4, -0.2) is 42.0 Å². The lowest BCUT2D eigenvalue weighted by molar-refractivity contribution is -0.116. The Morgan fingerprint density at radius 2 is 1.87 bits per heavy atom. The number of nitrogens with zero attached hydrogens (tertiary/aromatic N) is 2. The van der Waals surface area contributed by atoms with Gasteiger partial charge in [0.05, 0.1) is 6.61 Å². The molecule has 2 aromatic rings. The molecule has 7 nitrogen and oxygen atoms in total. The number of hydrogen-bond donors (Lipinski definition) is 2. The summed E-state index contributed by atoms with van der Waals surface area (Å²) in [5, 5.41) is 5.58. The molecule has 0 atom stereocenters. The number of benzene rings is 1. The van der Waals surface area contributed by atoms with Gasteiger partial charge in [-0.1, -0.05) is 49.6 Å². The Balaban J connectivity index is 1.40. The highest BCUT2D eigenvalue weighted by atomic mass is 16.5. The largest absolute Gasteiger partial charge is 0.489 e. The summed E-state index contributed by atoms with van der Waals surface area (Å²) in [6, 6.07) is 13.2. The van der Waals surface area contributed by atoms with Crippen molar-refractivity contribution in [2.24, 2.45) is 5.92 Å². The molecule has 166 valence electrons. The Morgan fingerprint density at radius 3 is 2.65 bits per heavy atom. The standard InChI is InChI=1S/C24H32N4O3/c1-28(17-19-9-4-2-5-10-19)24(30)26-16-14-22(29)27-23-21(13-8-15-25-23)31-18-20-11-6-3-7-12-20/h2,4-5,8-10,13,15,20H,3,6-7,11-12,14,16-18H2,1H3,(H,26,30)(H,25,27,29). The number of hydrogen-bond acceptors (Lipinski definition) is 4. The van der Waals surface area contributed by atoms with Crippen LogP contribution in [0.25, 0.3) is 0 Å². The third-order valence-electron chi connectivity index (χ3n) is 5.47. The van der Waals surface area contributed by atoms with Crippen LogP contribution >= 0.6 is 0 Å². The molecule has 7 heteroatoms. The van der Waals surface area contributed by atoms with E-state index in [2.05, 4.69) is 15.6 Å². The number of rotatable bonds is 9. The Bertz CT molecular complexity index is 838. The van der Waals surface area contributed by atoms with Crippen molar-refractivity contribution in [2.45, 2.75) is 45.1 Å². The Kier molecular flexibility index (Phi) is 8.70. The zero-order chi connectivity index (χ0) is 21.9. The fourth-order valence-corrected chi connectivity index (χ4v) is 3.70. The van der Waals surface area contributed by atoms with E-state index in [1.54, 1.807) is 24.2 Å². The Labute approximate surface area is 184 Å². The lowest BCUT2D eigenvalue weighted by atomic mass is 9.90. The topological polar surface area (TPSA) is 83.6 Å². The molecule has 3 amide bonds. The number of nitrogens with one attached hydrogen (secondary N) is 2. The molecule has 2 N–H and O–H groups in total. The molecule has 0 aliphatic heterocycles. The second-order valence-corrected chi connectivity index (χ2v) is 8.04. The number of carbonyl (C=O) groups excluding carboxylic acids is 2. The smallest absolute Gasteiger partial charge is 0.317 e. The van der Waals surface area contributed by atoms with E-state index in [9.17, 15) is 9.59 Å². The summed E-state index contributed by atoms with van der Waals surface area (Å²) in [5.41, 5.74) is 1.05. The minimum absolute atomic E-state index is 0.156. The molecular weight excluding hydrogens is 392 g/mol. The molecule has 31 heavy (non-hydrogen) atoms. The first-order chi connectivity index (χ1) is 15.1. The van der Waals surface area contributed by atoms with Gasteiger partial charge in [0.25, 0.3) is 0 Å². The van der Waals surface area contributed by atoms with Gasteiger partial charge in [-0.05, 0) is 36.5 Å². The molecule has 1 fully saturated rings. The maximum atomic E-state index is 12.3. The van der Waals surface area contributed by atoms with E-state index >= 15 is 0 Å². The monoisotopic (exact) mass is 424 g/mol. The summed E-state index contributed by atoms with van der Waals surface area (Å²) >= 11 is 0. The van der Waals surface area contributed by atoms with Crippen LogP contribution in [0.5, 0.6) is 5.75 Å². The summed E-state index contributed by atoms with van der Waals surface area (Å²) in [6.45, 7) is 1.40. The van der Waals surface area contributed by atoms with Crippen LogP contribution in [0.3, 0.4) is 0 Å². The Morgan fingerprint density at radius 1 is 1.10 bits per heavy atom. The number of ether oxygens (including phenoxy) is 1. The summed E-state index contributed by atoms with van der Waals surface area (Å²) in [7, 11) is 1.73. The van der Waals surface area contributed by atoms with Gasteiger partial charge in [-0.25, -0.2) is 9.78 Å². The van der Waals surface area contributed by atoms with Crippen molar-refractivity contribution in [3.63, 3.8) is 0 Å². The summed E-state index contributed by atoms with van der Waals surface area (Å²) in [4.78, 5) is 30.4. The van der Waals surface area contributed by atoms with E-state index in [-0.39, 0.29) is 24.9 Å². The van der Waals surface area contributed by atoms with E-state index in [0.717, 1.165) is 5.56 Å². The van der Waals surface area contributed by atoms with Crippen LogP contribution in [0, 0.1) is 5.92 Å². The number of anilines is 1. The van der Waals surface area contributed by atoms with Gasteiger partial charge >= 0.3 is 6.03 Å². The molecule has 1 aliphatic rings. The normalized spacial score (nSPS) is 14.0. The maximum Gasteiger partial charge on any atom is 0.317 e. The molecule has 1 saturated carbocycles. The van der Waals surface area contributed by atoms with Crippen molar-refractivity contribution in [3.05, 3.63) is 54.2 Å². The molecular formula is C24H32N4O3. The Hall–Kier alpha value is -3.09. The zero-order valence-corrected chi connectivity index (χ0v) is 18.2. The van der Waals surface area contributed by atoms with Gasteiger partial charge in [-0.15, -0.1) is 0 Å². The summed E-state index contributed by atoms with van der Waals surface area (Å²) < 4.78 is 5.95. The fraction of sp³-hybridized carbons (Fsp3) is 0.458. The van der Waals surface area contributed by atoms with Crippen molar-refractivity contribution in [2.75, 3.05) is 25.5 Å². The van der Waals surface area contributed by atoms with E-state index in [1.807, 2.05) is 36.4 Å². The number of urea groups is 1. The second kappa shape index (κ2) is 11.9. The van der Waals surface area contributed by atoms with Gasteiger partial charge in [-0.2, -0.15) is 0 Å². The number of carbonyl (C=O) groups is 2. The third kappa shape index (κ3) is 7.59. The number of pyridine rings is 1. The van der Waals surface area contributed by atoms with Gasteiger partial charge in [0.15, 0.2) is 11.6 Å². The van der Waals surface area contributed by atoms with Gasteiger partial charge in [0.1, 0.15) is 0 Å². The number of amides is 3. The first-order valence-corrected chi connectivity index (χ1v) is 11.0. The molecule has 0 saturated heterocycles. The molecule has 0 unspecified atom stereocenters. The highest BCUT2D eigenvalue weighted by molar-refractivity contribution is 5.91. The predicted octanol–water partition coefficient (Wildman–Crippen LogP) is 4.21. The zero-order valence-electron chi connectivity index (χ0n) is 18.2. The second-order valence-electron chi connectivity index (χ2n) is 8.04. The van der Waals surface area contributed by atoms with Crippen LogP contribution in [0.2, 0.25) is 0 Å². The van der Waals surface area contributed by atoms with Crippen molar-refractivity contribution in [1.82, 2.24) is 15.2 Å². The van der Waals surface area contributed by atoms with Crippen molar-refractivity contribution >= 4 is 17.8 Å². The number of aromatic nitrogens is 1. The average Bonchev–Trinajstić information content (AvgIpc) is 2.79. The van der Waals surface area contributed by atoms with Gasteiger partial charge < -0.3 is 20.3 Å². The van der Waals surface area contributed by atoms with E-state index in [4.69, 9.17) is 4.74 Å². The van der Waals surface area contributed by atoms with Crippen molar-refractivity contribution < 1.29 is 14.3 Å². The van der Waals surface area contributed by atoms with Crippen LogP contribution in [0.4, 0.5) is 10.6 Å². The van der Waals surface area contributed by atoms with Gasteiger partial charge in [-0.3, -0.25) is 4.79 Å². The van der Waals surface area contributed by atoms with Gasteiger partial charge in [0, 0.05) is 32.8 Å². The first-order valence-electron chi connectivity index (χ1n) is 11.0. The molecule has 1 heterocycles. The molecule has 1 aromatic heterocycles. The fourth-order valence-electron chi connectivity index (χ4n) is 3.70. The minimum atomic E-state index is -0.217. The molecule has 0 radical (unpaired) electrons. The molecule has 0 spiro atoms. The molecule has 0 bridgehead atoms. The lowest BCUT2D eigenvalue weighted by Gasteiger charge is -2.22. The maximum absolute atomic E-state index is 12.3. The predicted molar refractivity (Wildman–Crippen MR) is 121 cm³/mol. The SMILES string of the molecule is CN(Cc1ccccc1)C(=O)NCCC(=O)Nc1ncccc1OCC1CCCCC1. The molecule has 1 aromatic carbocycles. The van der Waals surface area contributed by atoms with E-state index < -0.39 is 0 Å². The van der Waals surface area contributed by atoms with Crippen LogP contribution in [0.1, 0.15) is 44.1 Å². The van der Waals surface area contributed by atoms with Crippen LogP contribution in [0.15, 0.2) is 48.7 Å². The van der Waals surface area contributed by atoms with Crippen molar-refractivity contribution in [3.8, 4) is 5.75 Å². The third-order valence-corrected chi connectivity index (χ3v) is 5.47. The van der Waals surface area contributed by atoms with Crippen LogP contribution in [-0.2, 0) is 11.3 Å². The summed E-state index contributed by atoms with van der Waals surface area (Å²) in [5.74, 6) is 1.37. The molecule has 3 rings (SSSR count). The average molecular weight is 425 g/mol. The van der Waals surface area contributed by atoms with E-state index in [0.29, 0.717) is 30.6 Å². The van der Waals surface area contributed by atoms with Crippen molar-refractivity contribution in [1.29, 1.82) is 0 Å².